The number of methoxy groups -OCH3 is 3. The lowest BCUT2D eigenvalue weighted by atomic mass is 9.94. The average Bonchev–Trinajstić information content (AvgIpc) is 3.11. The van der Waals surface area contributed by atoms with Gasteiger partial charge in [-0.2, -0.15) is 0 Å². The van der Waals surface area contributed by atoms with E-state index in [1.165, 1.54) is 26.2 Å². The SMILES string of the molecule is CCCCOc1ccc(/C(O)=C2\C(=O)C(=O)N(CCOC)C2c2ccc(OC)cc2OC)cc1. The van der Waals surface area contributed by atoms with E-state index < -0.39 is 17.7 Å². The van der Waals surface area contributed by atoms with Crippen molar-refractivity contribution in [2.45, 2.75) is 25.8 Å². The average molecular weight is 470 g/mol. The first-order valence-corrected chi connectivity index (χ1v) is 11.2. The van der Waals surface area contributed by atoms with Crippen LogP contribution < -0.4 is 14.2 Å². The summed E-state index contributed by atoms with van der Waals surface area (Å²) in [6.45, 7) is 3.08. The third kappa shape index (κ3) is 5.17. The van der Waals surface area contributed by atoms with Crippen molar-refractivity contribution in [2.75, 3.05) is 41.1 Å². The van der Waals surface area contributed by atoms with Crippen LogP contribution in [0, 0.1) is 0 Å². The molecule has 1 aliphatic rings. The van der Waals surface area contributed by atoms with Crippen molar-refractivity contribution in [1.82, 2.24) is 4.90 Å². The van der Waals surface area contributed by atoms with Gasteiger partial charge in [-0.1, -0.05) is 13.3 Å². The number of benzene rings is 2. The first-order valence-electron chi connectivity index (χ1n) is 11.2. The Morgan fingerprint density at radius 2 is 1.68 bits per heavy atom. The number of Topliss-reactive ketones (excluding diaryl/α,β-unsaturated/α-hetero) is 1. The summed E-state index contributed by atoms with van der Waals surface area (Å²) >= 11 is 0. The van der Waals surface area contributed by atoms with Crippen LogP contribution in [0.4, 0.5) is 0 Å². The van der Waals surface area contributed by atoms with Crippen LogP contribution in [0.2, 0.25) is 0 Å². The van der Waals surface area contributed by atoms with Crippen LogP contribution in [-0.2, 0) is 14.3 Å². The number of unbranched alkanes of at least 4 members (excludes halogenated alkanes) is 1. The fourth-order valence-corrected chi connectivity index (χ4v) is 3.87. The smallest absolute Gasteiger partial charge is 0.295 e. The third-order valence-electron chi connectivity index (χ3n) is 5.71. The molecule has 3 rings (SSSR count). The van der Waals surface area contributed by atoms with Gasteiger partial charge in [0.15, 0.2) is 0 Å². The van der Waals surface area contributed by atoms with E-state index >= 15 is 0 Å². The normalized spacial score (nSPS) is 17.2. The van der Waals surface area contributed by atoms with Crippen molar-refractivity contribution < 1.29 is 33.6 Å². The van der Waals surface area contributed by atoms with Crippen LogP contribution >= 0.6 is 0 Å². The molecule has 0 aliphatic carbocycles. The zero-order valence-electron chi connectivity index (χ0n) is 20.0. The van der Waals surface area contributed by atoms with Crippen molar-refractivity contribution in [1.29, 1.82) is 0 Å². The third-order valence-corrected chi connectivity index (χ3v) is 5.71. The number of ketones is 1. The van der Waals surface area contributed by atoms with Gasteiger partial charge in [0, 0.05) is 30.8 Å². The van der Waals surface area contributed by atoms with Gasteiger partial charge in [-0.25, -0.2) is 0 Å². The summed E-state index contributed by atoms with van der Waals surface area (Å²) in [6.07, 6.45) is 1.97. The van der Waals surface area contributed by atoms with Gasteiger partial charge in [0.05, 0.1) is 39.0 Å². The molecule has 0 radical (unpaired) electrons. The summed E-state index contributed by atoms with van der Waals surface area (Å²) in [5.41, 5.74) is 0.953. The van der Waals surface area contributed by atoms with Crippen LogP contribution in [0.1, 0.15) is 36.9 Å². The number of ether oxygens (including phenoxy) is 4. The number of hydrogen-bond donors (Lipinski definition) is 1. The van der Waals surface area contributed by atoms with E-state index in [2.05, 4.69) is 6.92 Å². The Kier molecular flexibility index (Phi) is 8.54. The number of aliphatic hydroxyl groups is 1. The van der Waals surface area contributed by atoms with E-state index in [-0.39, 0.29) is 24.5 Å². The van der Waals surface area contributed by atoms with Crippen molar-refractivity contribution in [2.24, 2.45) is 0 Å². The Bertz CT molecular complexity index is 1050. The minimum atomic E-state index is -0.850. The van der Waals surface area contributed by atoms with E-state index in [1.807, 2.05) is 0 Å². The predicted molar refractivity (Wildman–Crippen MR) is 127 cm³/mol. The Morgan fingerprint density at radius 3 is 2.29 bits per heavy atom. The van der Waals surface area contributed by atoms with Gasteiger partial charge in [0.25, 0.3) is 11.7 Å². The number of amides is 1. The van der Waals surface area contributed by atoms with Gasteiger partial charge in [0.1, 0.15) is 23.0 Å². The number of aliphatic hydroxyl groups excluding tert-OH is 1. The Hall–Kier alpha value is -3.52. The topological polar surface area (TPSA) is 94.5 Å². The maximum atomic E-state index is 13.1. The second-order valence-corrected chi connectivity index (χ2v) is 7.82. The lowest BCUT2D eigenvalue weighted by molar-refractivity contribution is -0.140. The highest BCUT2D eigenvalue weighted by atomic mass is 16.5. The summed E-state index contributed by atoms with van der Waals surface area (Å²) in [7, 11) is 4.55. The second kappa shape index (κ2) is 11.6. The van der Waals surface area contributed by atoms with Crippen LogP contribution in [0.5, 0.6) is 17.2 Å². The lowest BCUT2D eigenvalue weighted by Crippen LogP contribution is -2.32. The molecular weight excluding hydrogens is 438 g/mol. The molecular formula is C26H31NO7. The summed E-state index contributed by atoms with van der Waals surface area (Å²) < 4.78 is 21.6. The molecule has 2 aromatic rings. The molecule has 8 heteroatoms. The summed E-state index contributed by atoms with van der Waals surface area (Å²) in [6, 6.07) is 11.1. The molecule has 8 nitrogen and oxygen atoms in total. The van der Waals surface area contributed by atoms with E-state index in [0.717, 1.165) is 12.8 Å². The van der Waals surface area contributed by atoms with Gasteiger partial charge in [-0.3, -0.25) is 9.59 Å². The molecule has 0 spiro atoms. The number of carbonyl (C=O) groups is 2. The maximum absolute atomic E-state index is 13.1. The fourth-order valence-electron chi connectivity index (χ4n) is 3.87. The molecule has 0 aromatic heterocycles. The summed E-state index contributed by atoms with van der Waals surface area (Å²) in [5, 5.41) is 11.2. The van der Waals surface area contributed by atoms with E-state index in [4.69, 9.17) is 18.9 Å². The molecule has 1 unspecified atom stereocenters. The minimum Gasteiger partial charge on any atom is -0.507 e. The molecule has 2 aromatic carbocycles. The summed E-state index contributed by atoms with van der Waals surface area (Å²) in [4.78, 5) is 27.4. The molecule has 1 fully saturated rings. The number of rotatable bonds is 11. The second-order valence-electron chi connectivity index (χ2n) is 7.82. The molecule has 0 saturated carbocycles. The van der Waals surface area contributed by atoms with E-state index in [0.29, 0.717) is 35.0 Å². The van der Waals surface area contributed by atoms with Crippen molar-refractivity contribution in [3.8, 4) is 17.2 Å². The van der Waals surface area contributed by atoms with Gasteiger partial charge >= 0.3 is 0 Å². The van der Waals surface area contributed by atoms with Crippen LogP contribution in [-0.4, -0.2) is 62.8 Å². The van der Waals surface area contributed by atoms with E-state index in [9.17, 15) is 14.7 Å². The Labute approximate surface area is 199 Å². The molecule has 1 atom stereocenters. The highest BCUT2D eigenvalue weighted by Crippen LogP contribution is 2.43. The van der Waals surface area contributed by atoms with Crippen LogP contribution in [0.15, 0.2) is 48.0 Å². The first kappa shape index (κ1) is 25.1. The number of nitrogens with zero attached hydrogens (tertiary/aromatic N) is 1. The maximum Gasteiger partial charge on any atom is 0.295 e. The lowest BCUT2D eigenvalue weighted by Gasteiger charge is -2.26. The Morgan fingerprint density at radius 1 is 0.971 bits per heavy atom. The van der Waals surface area contributed by atoms with Crippen molar-refractivity contribution in [3.05, 3.63) is 59.2 Å². The molecule has 1 saturated heterocycles. The van der Waals surface area contributed by atoms with Gasteiger partial charge in [0.2, 0.25) is 0 Å². The van der Waals surface area contributed by atoms with Crippen LogP contribution in [0.3, 0.4) is 0 Å². The molecule has 0 bridgehead atoms. The van der Waals surface area contributed by atoms with E-state index in [1.54, 1.807) is 42.5 Å². The predicted octanol–water partition coefficient (Wildman–Crippen LogP) is 3.95. The van der Waals surface area contributed by atoms with Crippen molar-refractivity contribution in [3.63, 3.8) is 0 Å². The highest BCUT2D eigenvalue weighted by molar-refractivity contribution is 6.46. The van der Waals surface area contributed by atoms with Crippen molar-refractivity contribution >= 4 is 17.4 Å². The highest BCUT2D eigenvalue weighted by Gasteiger charge is 2.47. The zero-order valence-corrected chi connectivity index (χ0v) is 20.0. The molecule has 34 heavy (non-hydrogen) atoms. The molecule has 1 N–H and O–H groups in total. The molecule has 1 aliphatic heterocycles. The number of hydrogen-bond acceptors (Lipinski definition) is 7. The quantitative estimate of drug-likeness (QED) is 0.230. The molecule has 182 valence electrons. The number of carbonyl (C=O) groups excluding carboxylic acids is 2. The summed E-state index contributed by atoms with van der Waals surface area (Å²) in [5.74, 6) is -0.0757. The zero-order chi connectivity index (χ0) is 24.7. The van der Waals surface area contributed by atoms with Crippen LogP contribution in [0.25, 0.3) is 5.76 Å². The standard InChI is InChI=1S/C26H31NO7/c1-5-6-14-34-18-9-7-17(8-10-18)24(28)22-23(27(13-15-31-2)26(30)25(22)29)20-12-11-19(32-3)16-21(20)33-4/h7-12,16,23,28H,5-6,13-15H2,1-4H3/b24-22+. The van der Waals surface area contributed by atoms with Gasteiger partial charge < -0.3 is 29.0 Å². The Balaban J connectivity index is 2.08. The molecule has 1 amide bonds. The first-order chi connectivity index (χ1) is 16.5. The fraction of sp³-hybridized carbons (Fsp3) is 0.385. The monoisotopic (exact) mass is 469 g/mol. The van der Waals surface area contributed by atoms with Gasteiger partial charge in [-0.05, 0) is 42.8 Å². The number of likely N-dealkylation sites (tertiary alicyclic amines) is 1. The molecule has 1 heterocycles. The minimum absolute atomic E-state index is 0.00998. The van der Waals surface area contributed by atoms with Gasteiger partial charge in [-0.15, -0.1) is 0 Å². The largest absolute Gasteiger partial charge is 0.507 e.